The van der Waals surface area contributed by atoms with Gasteiger partial charge in [-0.25, -0.2) is 4.79 Å². The highest BCUT2D eigenvalue weighted by Gasteiger charge is 2.04. The van der Waals surface area contributed by atoms with Crippen LogP contribution in [-0.4, -0.2) is 18.2 Å². The van der Waals surface area contributed by atoms with Crippen LogP contribution >= 0.6 is 0 Å². The molecule has 2 aromatic carbocycles. The lowest BCUT2D eigenvalue weighted by atomic mass is 10.2. The molecule has 0 aliphatic carbocycles. The van der Waals surface area contributed by atoms with Gasteiger partial charge in [0.15, 0.2) is 0 Å². The standard InChI is InChI=1S/C15H17N3O3/c1-21-13-6-5-10(14(19)8-13)9-17-11-3-2-4-12(7-11)18-15(16)20/h2-8,17,19H,9H2,1H3,(H3,16,18,20). The fourth-order valence-corrected chi connectivity index (χ4v) is 1.87. The number of nitrogens with two attached hydrogens (primary N) is 1. The molecule has 110 valence electrons. The van der Waals surface area contributed by atoms with Crippen molar-refractivity contribution in [2.75, 3.05) is 17.7 Å². The average Bonchev–Trinajstić information content (AvgIpc) is 2.45. The molecular weight excluding hydrogens is 270 g/mol. The van der Waals surface area contributed by atoms with Crippen LogP contribution in [0.3, 0.4) is 0 Å². The van der Waals surface area contributed by atoms with Gasteiger partial charge in [-0.3, -0.25) is 0 Å². The van der Waals surface area contributed by atoms with E-state index in [9.17, 15) is 9.90 Å². The third-order valence-corrected chi connectivity index (χ3v) is 2.91. The molecule has 0 radical (unpaired) electrons. The second-order valence-corrected chi connectivity index (χ2v) is 4.42. The van der Waals surface area contributed by atoms with E-state index in [1.807, 2.05) is 6.07 Å². The number of urea groups is 1. The minimum Gasteiger partial charge on any atom is -0.507 e. The summed E-state index contributed by atoms with van der Waals surface area (Å²) >= 11 is 0. The molecule has 5 N–H and O–H groups in total. The first kappa shape index (κ1) is 14.5. The van der Waals surface area contributed by atoms with Crippen LogP contribution in [0.5, 0.6) is 11.5 Å². The number of anilines is 2. The Kier molecular flexibility index (Phi) is 4.50. The maximum Gasteiger partial charge on any atom is 0.316 e. The molecule has 0 aliphatic rings. The molecule has 0 saturated carbocycles. The van der Waals surface area contributed by atoms with E-state index in [-0.39, 0.29) is 5.75 Å². The van der Waals surface area contributed by atoms with E-state index in [0.717, 1.165) is 11.3 Å². The number of ether oxygens (including phenoxy) is 1. The molecule has 0 heterocycles. The number of hydrogen-bond donors (Lipinski definition) is 4. The van der Waals surface area contributed by atoms with Crippen molar-refractivity contribution in [3.63, 3.8) is 0 Å². The van der Waals surface area contributed by atoms with Gasteiger partial charge in [0.1, 0.15) is 11.5 Å². The number of aromatic hydroxyl groups is 1. The number of phenols is 1. The largest absolute Gasteiger partial charge is 0.507 e. The maximum absolute atomic E-state index is 10.8. The fraction of sp³-hybridized carbons (Fsp3) is 0.133. The Morgan fingerprint density at radius 1 is 1.24 bits per heavy atom. The molecular formula is C15H17N3O3. The smallest absolute Gasteiger partial charge is 0.316 e. The van der Waals surface area contributed by atoms with Crippen molar-refractivity contribution >= 4 is 17.4 Å². The van der Waals surface area contributed by atoms with Gasteiger partial charge < -0.3 is 26.2 Å². The number of methoxy groups -OCH3 is 1. The fourth-order valence-electron chi connectivity index (χ4n) is 1.87. The Hall–Kier alpha value is -2.89. The van der Waals surface area contributed by atoms with Crippen molar-refractivity contribution in [3.8, 4) is 11.5 Å². The summed E-state index contributed by atoms with van der Waals surface area (Å²) in [6.07, 6.45) is 0. The molecule has 0 bridgehead atoms. The molecule has 2 amide bonds. The summed E-state index contributed by atoms with van der Waals surface area (Å²) in [7, 11) is 1.55. The molecule has 2 aromatic rings. The first-order chi connectivity index (χ1) is 10.1. The lowest BCUT2D eigenvalue weighted by Gasteiger charge is -2.10. The number of benzene rings is 2. The van der Waals surface area contributed by atoms with Gasteiger partial charge in [-0.05, 0) is 30.3 Å². The third kappa shape index (κ3) is 4.04. The molecule has 0 unspecified atom stereocenters. The molecule has 0 atom stereocenters. The highest BCUT2D eigenvalue weighted by atomic mass is 16.5. The summed E-state index contributed by atoms with van der Waals surface area (Å²) in [4.78, 5) is 10.8. The van der Waals surface area contributed by atoms with E-state index in [4.69, 9.17) is 10.5 Å². The van der Waals surface area contributed by atoms with E-state index in [2.05, 4.69) is 10.6 Å². The molecule has 0 fully saturated rings. The molecule has 0 aromatic heterocycles. The van der Waals surface area contributed by atoms with Crippen molar-refractivity contribution in [3.05, 3.63) is 48.0 Å². The van der Waals surface area contributed by atoms with Crippen LogP contribution in [-0.2, 0) is 6.54 Å². The number of phenolic OH excluding ortho intramolecular Hbond substituents is 1. The van der Waals surface area contributed by atoms with E-state index in [1.54, 1.807) is 43.5 Å². The molecule has 21 heavy (non-hydrogen) atoms. The number of nitrogens with one attached hydrogen (secondary N) is 2. The maximum atomic E-state index is 10.8. The second-order valence-electron chi connectivity index (χ2n) is 4.42. The van der Waals surface area contributed by atoms with Crippen LogP contribution < -0.4 is 21.1 Å². The summed E-state index contributed by atoms with van der Waals surface area (Å²) in [6.45, 7) is 0.440. The number of carbonyl (C=O) groups is 1. The van der Waals surface area contributed by atoms with Crippen molar-refractivity contribution in [1.82, 2.24) is 0 Å². The van der Waals surface area contributed by atoms with Crippen LogP contribution in [0.1, 0.15) is 5.56 Å². The molecule has 2 rings (SSSR count). The summed E-state index contributed by atoms with van der Waals surface area (Å²) < 4.78 is 5.03. The lowest BCUT2D eigenvalue weighted by Crippen LogP contribution is -2.19. The zero-order valence-electron chi connectivity index (χ0n) is 11.6. The van der Waals surface area contributed by atoms with Gasteiger partial charge >= 0.3 is 6.03 Å². The third-order valence-electron chi connectivity index (χ3n) is 2.91. The zero-order chi connectivity index (χ0) is 15.2. The average molecular weight is 287 g/mol. The quantitative estimate of drug-likeness (QED) is 0.679. The second kappa shape index (κ2) is 6.51. The first-order valence-electron chi connectivity index (χ1n) is 6.35. The minimum atomic E-state index is -0.611. The topological polar surface area (TPSA) is 96.6 Å². The molecule has 0 spiro atoms. The molecule has 0 aliphatic heterocycles. The SMILES string of the molecule is COc1ccc(CNc2cccc(NC(N)=O)c2)c(O)c1. The first-order valence-corrected chi connectivity index (χ1v) is 6.35. The van der Waals surface area contributed by atoms with Crippen LogP contribution in [0.25, 0.3) is 0 Å². The van der Waals surface area contributed by atoms with E-state index in [1.165, 1.54) is 0 Å². The van der Waals surface area contributed by atoms with Gasteiger partial charge in [-0.2, -0.15) is 0 Å². The Bertz CT molecular complexity index is 644. The summed E-state index contributed by atoms with van der Waals surface area (Å²) in [5.41, 5.74) is 7.22. The Labute approximate surface area is 122 Å². The Morgan fingerprint density at radius 2 is 2.00 bits per heavy atom. The van der Waals surface area contributed by atoms with Gasteiger partial charge in [-0.1, -0.05) is 6.07 Å². The van der Waals surface area contributed by atoms with Gasteiger partial charge in [-0.15, -0.1) is 0 Å². The zero-order valence-corrected chi connectivity index (χ0v) is 11.6. The molecule has 6 heteroatoms. The van der Waals surface area contributed by atoms with Crippen molar-refractivity contribution in [1.29, 1.82) is 0 Å². The van der Waals surface area contributed by atoms with E-state index in [0.29, 0.717) is 18.0 Å². The van der Waals surface area contributed by atoms with E-state index >= 15 is 0 Å². The summed E-state index contributed by atoms with van der Waals surface area (Å²) in [5.74, 6) is 0.761. The molecule has 6 nitrogen and oxygen atoms in total. The van der Waals surface area contributed by atoms with Gasteiger partial charge in [0.2, 0.25) is 0 Å². The van der Waals surface area contributed by atoms with Crippen molar-refractivity contribution in [2.24, 2.45) is 5.73 Å². The number of carbonyl (C=O) groups excluding carboxylic acids is 1. The monoisotopic (exact) mass is 287 g/mol. The number of primary amides is 1. The predicted molar refractivity (Wildman–Crippen MR) is 81.6 cm³/mol. The normalized spacial score (nSPS) is 9.95. The van der Waals surface area contributed by atoms with Crippen molar-refractivity contribution < 1.29 is 14.6 Å². The summed E-state index contributed by atoms with van der Waals surface area (Å²) in [5, 5.41) is 15.5. The van der Waals surface area contributed by atoms with Crippen molar-refractivity contribution in [2.45, 2.75) is 6.54 Å². The highest BCUT2D eigenvalue weighted by molar-refractivity contribution is 5.88. The van der Waals surface area contributed by atoms with Gasteiger partial charge in [0.05, 0.1) is 7.11 Å². The van der Waals surface area contributed by atoms with Gasteiger partial charge in [0.25, 0.3) is 0 Å². The number of rotatable bonds is 5. The van der Waals surface area contributed by atoms with Crippen LogP contribution in [0, 0.1) is 0 Å². The number of hydrogen-bond acceptors (Lipinski definition) is 4. The lowest BCUT2D eigenvalue weighted by molar-refractivity contribution is 0.259. The predicted octanol–water partition coefficient (Wildman–Crippen LogP) is 2.50. The minimum absolute atomic E-state index is 0.160. The molecule has 0 saturated heterocycles. The Morgan fingerprint density at radius 3 is 2.67 bits per heavy atom. The number of amides is 2. The van der Waals surface area contributed by atoms with Gasteiger partial charge in [0, 0.05) is 29.5 Å². The van der Waals surface area contributed by atoms with Crippen LogP contribution in [0.4, 0.5) is 16.2 Å². The Balaban J connectivity index is 2.04. The van der Waals surface area contributed by atoms with Crippen LogP contribution in [0.2, 0.25) is 0 Å². The summed E-state index contributed by atoms with van der Waals surface area (Å²) in [6, 6.07) is 11.6. The highest BCUT2D eigenvalue weighted by Crippen LogP contribution is 2.24. The van der Waals surface area contributed by atoms with E-state index < -0.39 is 6.03 Å². The van der Waals surface area contributed by atoms with Crippen LogP contribution in [0.15, 0.2) is 42.5 Å².